The summed E-state index contributed by atoms with van der Waals surface area (Å²) in [6, 6.07) is 34.3. The van der Waals surface area contributed by atoms with Crippen LogP contribution in [0.3, 0.4) is 0 Å². The highest BCUT2D eigenvalue weighted by atomic mass is 35.5. The van der Waals surface area contributed by atoms with Crippen LogP contribution >= 0.6 is 11.6 Å². The predicted molar refractivity (Wildman–Crippen MR) is 152 cm³/mol. The molecule has 1 amide bonds. The molecule has 1 atom stereocenters. The van der Waals surface area contributed by atoms with Crippen LogP contribution < -0.4 is 11.0 Å². The van der Waals surface area contributed by atoms with Crippen LogP contribution in [-0.4, -0.2) is 15.9 Å². The number of hydrazine groups is 1. The molecular weight excluding hydrogens is 494 g/mol. The van der Waals surface area contributed by atoms with E-state index < -0.39 is 0 Å². The lowest BCUT2D eigenvalue weighted by molar-refractivity contribution is -0.133. The summed E-state index contributed by atoms with van der Waals surface area (Å²) >= 11 is 6.40. The lowest BCUT2D eigenvalue weighted by atomic mass is 9.94. The minimum Gasteiger partial charge on any atom is -0.321 e. The van der Waals surface area contributed by atoms with Crippen molar-refractivity contribution in [3.05, 3.63) is 147 Å². The molecule has 4 aromatic carbocycles. The number of benzene rings is 4. The first-order valence-corrected chi connectivity index (χ1v) is 12.8. The molecule has 2 N–H and O–H groups in total. The van der Waals surface area contributed by atoms with E-state index in [1.165, 1.54) is 0 Å². The van der Waals surface area contributed by atoms with Crippen LogP contribution in [0.25, 0.3) is 27.7 Å². The van der Waals surface area contributed by atoms with Gasteiger partial charge in [0.15, 0.2) is 0 Å². The minimum absolute atomic E-state index is 0.0992. The van der Waals surface area contributed by atoms with E-state index in [4.69, 9.17) is 11.6 Å². The Balaban J connectivity index is 1.51. The van der Waals surface area contributed by atoms with Crippen LogP contribution in [0.4, 0.5) is 0 Å². The van der Waals surface area contributed by atoms with E-state index in [0.29, 0.717) is 21.8 Å². The number of nitrogens with zero attached hydrogens (tertiary/aromatic N) is 1. The SMILES string of the molecule is O=C(Cc1ccccc1)N1NC(c2c(-c3ccccc3)c3cc(Cl)ccc3[nH]c2=O)=C[C@@H]1c1ccccc1. The molecule has 186 valence electrons. The van der Waals surface area contributed by atoms with Gasteiger partial charge in [0.25, 0.3) is 5.56 Å². The van der Waals surface area contributed by atoms with E-state index in [1.54, 1.807) is 11.1 Å². The molecule has 0 unspecified atom stereocenters. The number of carbonyl (C=O) groups is 1. The second kappa shape index (κ2) is 10.0. The second-order valence-corrected chi connectivity index (χ2v) is 9.67. The van der Waals surface area contributed by atoms with E-state index in [1.807, 2.05) is 109 Å². The van der Waals surface area contributed by atoms with Gasteiger partial charge in [-0.15, -0.1) is 0 Å². The van der Waals surface area contributed by atoms with Gasteiger partial charge in [0.05, 0.1) is 23.7 Å². The summed E-state index contributed by atoms with van der Waals surface area (Å²) in [6.45, 7) is 0. The Morgan fingerprint density at radius 3 is 2.18 bits per heavy atom. The summed E-state index contributed by atoms with van der Waals surface area (Å²) in [6.07, 6.45) is 2.18. The van der Waals surface area contributed by atoms with Crippen LogP contribution in [0.2, 0.25) is 5.02 Å². The van der Waals surface area contributed by atoms with Crippen molar-refractivity contribution in [2.45, 2.75) is 12.5 Å². The maximum atomic E-state index is 13.6. The third kappa shape index (κ3) is 4.49. The number of nitrogens with one attached hydrogen (secondary N) is 2. The minimum atomic E-state index is -0.388. The maximum absolute atomic E-state index is 13.6. The van der Waals surface area contributed by atoms with Crippen molar-refractivity contribution in [2.24, 2.45) is 0 Å². The first kappa shape index (κ1) is 23.8. The zero-order chi connectivity index (χ0) is 26.1. The van der Waals surface area contributed by atoms with Gasteiger partial charge in [-0.25, -0.2) is 5.01 Å². The largest absolute Gasteiger partial charge is 0.321 e. The molecule has 0 aliphatic carbocycles. The van der Waals surface area contributed by atoms with Crippen LogP contribution in [0, 0.1) is 0 Å². The van der Waals surface area contributed by atoms with Gasteiger partial charge < -0.3 is 4.98 Å². The van der Waals surface area contributed by atoms with Gasteiger partial charge in [-0.3, -0.25) is 15.0 Å². The summed E-state index contributed by atoms with van der Waals surface area (Å²) in [5.74, 6) is -0.0992. The van der Waals surface area contributed by atoms with Crippen molar-refractivity contribution in [3.8, 4) is 11.1 Å². The number of amides is 1. The molecule has 6 rings (SSSR count). The van der Waals surface area contributed by atoms with Gasteiger partial charge in [0.1, 0.15) is 0 Å². The number of aromatic nitrogens is 1. The normalized spacial score (nSPS) is 14.8. The smallest absolute Gasteiger partial charge is 0.258 e. The summed E-state index contributed by atoms with van der Waals surface area (Å²) in [7, 11) is 0. The molecule has 0 saturated heterocycles. The van der Waals surface area contributed by atoms with Gasteiger partial charge >= 0.3 is 0 Å². The fourth-order valence-corrected chi connectivity index (χ4v) is 5.18. The summed E-state index contributed by atoms with van der Waals surface area (Å²) in [4.78, 5) is 30.2. The van der Waals surface area contributed by atoms with E-state index in [9.17, 15) is 9.59 Å². The Morgan fingerprint density at radius 2 is 1.47 bits per heavy atom. The van der Waals surface area contributed by atoms with Crippen molar-refractivity contribution in [2.75, 3.05) is 0 Å². The molecule has 2 heterocycles. The number of pyridine rings is 1. The van der Waals surface area contributed by atoms with Crippen molar-refractivity contribution in [3.63, 3.8) is 0 Å². The average molecular weight is 518 g/mol. The topological polar surface area (TPSA) is 65.2 Å². The summed E-state index contributed by atoms with van der Waals surface area (Å²) in [5.41, 5.74) is 8.28. The van der Waals surface area contributed by atoms with Crippen molar-refractivity contribution in [1.82, 2.24) is 15.4 Å². The number of aromatic amines is 1. The number of carbonyl (C=O) groups excluding carboxylic acids is 1. The van der Waals surface area contributed by atoms with E-state index in [-0.39, 0.29) is 23.9 Å². The van der Waals surface area contributed by atoms with Gasteiger partial charge in [0, 0.05) is 21.5 Å². The molecular formula is C32H24ClN3O2. The highest BCUT2D eigenvalue weighted by Gasteiger charge is 2.33. The first-order chi connectivity index (χ1) is 18.6. The van der Waals surface area contributed by atoms with E-state index in [0.717, 1.165) is 27.6 Å². The van der Waals surface area contributed by atoms with Gasteiger partial charge in [0.2, 0.25) is 5.91 Å². The second-order valence-electron chi connectivity index (χ2n) is 9.23. The number of hydrogen-bond acceptors (Lipinski definition) is 3. The van der Waals surface area contributed by atoms with Crippen LogP contribution in [0.5, 0.6) is 0 Å². The molecule has 0 radical (unpaired) electrons. The van der Waals surface area contributed by atoms with E-state index in [2.05, 4.69) is 10.4 Å². The Morgan fingerprint density at radius 1 is 0.816 bits per heavy atom. The predicted octanol–water partition coefficient (Wildman–Crippen LogP) is 6.52. The monoisotopic (exact) mass is 517 g/mol. The van der Waals surface area contributed by atoms with Crippen LogP contribution in [-0.2, 0) is 11.2 Å². The lowest BCUT2D eigenvalue weighted by Gasteiger charge is -2.26. The number of hydrogen-bond donors (Lipinski definition) is 2. The van der Waals surface area contributed by atoms with Gasteiger partial charge in [-0.05, 0) is 41.0 Å². The Bertz CT molecular complexity index is 1710. The molecule has 38 heavy (non-hydrogen) atoms. The van der Waals surface area contributed by atoms with Crippen molar-refractivity contribution >= 4 is 34.1 Å². The zero-order valence-electron chi connectivity index (χ0n) is 20.4. The fourth-order valence-electron chi connectivity index (χ4n) is 5.00. The summed E-state index contributed by atoms with van der Waals surface area (Å²) in [5, 5.41) is 3.02. The fraction of sp³-hybridized carbons (Fsp3) is 0.0625. The molecule has 5 aromatic rings. The molecule has 6 heteroatoms. The Labute approximate surface area is 225 Å². The number of fused-ring (bicyclic) bond motifs is 1. The number of halogens is 1. The third-order valence-corrected chi connectivity index (χ3v) is 6.99. The van der Waals surface area contributed by atoms with Crippen LogP contribution in [0.1, 0.15) is 22.7 Å². The molecule has 0 saturated carbocycles. The average Bonchev–Trinajstić information content (AvgIpc) is 3.39. The molecule has 1 aliphatic heterocycles. The zero-order valence-corrected chi connectivity index (χ0v) is 21.2. The van der Waals surface area contributed by atoms with Gasteiger partial charge in [-0.2, -0.15) is 0 Å². The van der Waals surface area contributed by atoms with Crippen LogP contribution in [0.15, 0.2) is 120 Å². The van der Waals surface area contributed by atoms with Crippen molar-refractivity contribution < 1.29 is 4.79 Å². The molecule has 1 aromatic heterocycles. The molecule has 1 aliphatic rings. The molecule has 0 bridgehead atoms. The van der Waals surface area contributed by atoms with Crippen molar-refractivity contribution in [1.29, 1.82) is 0 Å². The van der Waals surface area contributed by atoms with Gasteiger partial charge in [-0.1, -0.05) is 103 Å². The maximum Gasteiger partial charge on any atom is 0.258 e. The number of H-pyrrole nitrogens is 1. The number of rotatable bonds is 5. The highest BCUT2D eigenvalue weighted by molar-refractivity contribution is 6.31. The quantitative estimate of drug-likeness (QED) is 0.279. The standard InChI is InChI=1S/C32H24ClN3O2/c33-24-16-17-26-25(19-24)30(23-14-8-3-9-15-23)31(32(38)34-26)27-20-28(22-12-6-2-7-13-22)36(35-27)29(37)18-21-10-4-1-5-11-21/h1-17,19-20,28,35H,18H2,(H,34,38)/t28-/m1/s1. The van der Waals surface area contributed by atoms with E-state index >= 15 is 0 Å². The lowest BCUT2D eigenvalue weighted by Crippen LogP contribution is -2.41. The Kier molecular flexibility index (Phi) is 6.28. The Hall–Kier alpha value is -4.61. The molecule has 5 nitrogen and oxygen atoms in total. The first-order valence-electron chi connectivity index (χ1n) is 12.4. The summed E-state index contributed by atoms with van der Waals surface area (Å²) < 4.78 is 0. The molecule has 0 fully saturated rings. The highest BCUT2D eigenvalue weighted by Crippen LogP contribution is 2.37. The molecule has 0 spiro atoms. The third-order valence-electron chi connectivity index (χ3n) is 6.76.